The average molecular weight is 239 g/mol. The number of aryl methyl sites for hydroxylation is 2. The maximum atomic E-state index is 5.98. The maximum absolute atomic E-state index is 5.98. The topological polar surface area (TPSA) is 50.9 Å². The molecule has 1 aromatic heterocycles. The molecule has 0 aliphatic heterocycles. The number of rotatable bonds is 3. The fourth-order valence-corrected chi connectivity index (χ4v) is 3.28. The van der Waals surface area contributed by atoms with Crippen molar-refractivity contribution in [3.8, 4) is 0 Å². The van der Waals surface area contributed by atoms with E-state index >= 15 is 0 Å². The van der Waals surface area contributed by atoms with Gasteiger partial charge in [0.05, 0.1) is 10.7 Å². The summed E-state index contributed by atoms with van der Waals surface area (Å²) in [7, 11) is 0. The summed E-state index contributed by atoms with van der Waals surface area (Å²) >= 11 is 1.80. The Hall–Kier alpha value is -0.450. The summed E-state index contributed by atoms with van der Waals surface area (Å²) in [6, 6.07) is 1.00. The number of hydrogen-bond donors (Lipinski definition) is 2. The lowest BCUT2D eigenvalue weighted by Crippen LogP contribution is -2.39. The second kappa shape index (κ2) is 5.25. The molecule has 3 nitrogen and oxygen atoms in total. The summed E-state index contributed by atoms with van der Waals surface area (Å²) in [5, 5.41) is 4.77. The van der Waals surface area contributed by atoms with Crippen LogP contribution in [-0.2, 0) is 6.54 Å². The normalized spacial score (nSPS) is 25.9. The molecule has 0 spiro atoms. The first kappa shape index (κ1) is 12.0. The van der Waals surface area contributed by atoms with Crippen LogP contribution in [-0.4, -0.2) is 17.1 Å². The molecule has 3 N–H and O–H groups in total. The van der Waals surface area contributed by atoms with Gasteiger partial charge in [-0.2, -0.15) is 0 Å². The van der Waals surface area contributed by atoms with E-state index in [1.165, 1.54) is 29.8 Å². The molecule has 1 fully saturated rings. The molecule has 1 aromatic rings. The minimum Gasteiger partial charge on any atom is -0.328 e. The third-order valence-corrected chi connectivity index (χ3v) is 4.34. The van der Waals surface area contributed by atoms with Crippen LogP contribution < -0.4 is 11.1 Å². The van der Waals surface area contributed by atoms with Crippen molar-refractivity contribution in [3.63, 3.8) is 0 Å². The van der Waals surface area contributed by atoms with Crippen LogP contribution in [0.15, 0.2) is 0 Å². The van der Waals surface area contributed by atoms with E-state index in [1.54, 1.807) is 11.3 Å². The zero-order valence-electron chi connectivity index (χ0n) is 10.1. The molecule has 0 saturated heterocycles. The lowest BCUT2D eigenvalue weighted by Gasteiger charge is -2.27. The van der Waals surface area contributed by atoms with E-state index in [1.807, 2.05) is 0 Å². The van der Waals surface area contributed by atoms with E-state index in [0.717, 1.165) is 18.0 Å². The first-order valence-electron chi connectivity index (χ1n) is 6.07. The molecule has 1 heterocycles. The number of aromatic nitrogens is 1. The van der Waals surface area contributed by atoms with Crippen LogP contribution in [0.3, 0.4) is 0 Å². The summed E-state index contributed by atoms with van der Waals surface area (Å²) in [6.07, 6.45) is 4.85. The lowest BCUT2D eigenvalue weighted by atomic mass is 9.92. The third kappa shape index (κ3) is 3.03. The van der Waals surface area contributed by atoms with Crippen LogP contribution in [0.5, 0.6) is 0 Å². The molecular weight excluding hydrogens is 218 g/mol. The predicted molar refractivity (Wildman–Crippen MR) is 68.7 cm³/mol. The Morgan fingerprint density at radius 2 is 2.25 bits per heavy atom. The van der Waals surface area contributed by atoms with Gasteiger partial charge in [-0.15, -0.1) is 11.3 Å². The smallest absolute Gasteiger partial charge is 0.0900 e. The summed E-state index contributed by atoms with van der Waals surface area (Å²) in [4.78, 5) is 5.82. The Morgan fingerprint density at radius 1 is 1.44 bits per heavy atom. The molecule has 1 aliphatic rings. The van der Waals surface area contributed by atoms with Gasteiger partial charge in [-0.1, -0.05) is 6.42 Å². The van der Waals surface area contributed by atoms with Crippen molar-refractivity contribution in [2.75, 3.05) is 0 Å². The van der Waals surface area contributed by atoms with Gasteiger partial charge in [0.1, 0.15) is 0 Å². The SMILES string of the molecule is Cc1nc(C)c(CNC2CCCC(N)C2)s1. The van der Waals surface area contributed by atoms with Crippen LogP contribution in [0.2, 0.25) is 0 Å². The quantitative estimate of drug-likeness (QED) is 0.849. The van der Waals surface area contributed by atoms with Gasteiger partial charge in [0, 0.05) is 23.5 Å². The third-order valence-electron chi connectivity index (χ3n) is 3.27. The van der Waals surface area contributed by atoms with E-state index in [-0.39, 0.29) is 0 Å². The number of nitrogens with one attached hydrogen (secondary N) is 1. The van der Waals surface area contributed by atoms with Crippen molar-refractivity contribution in [3.05, 3.63) is 15.6 Å². The summed E-state index contributed by atoms with van der Waals surface area (Å²) < 4.78 is 0. The first-order valence-corrected chi connectivity index (χ1v) is 6.88. The Kier molecular flexibility index (Phi) is 3.95. The number of nitrogens with zero attached hydrogens (tertiary/aromatic N) is 1. The highest BCUT2D eigenvalue weighted by Gasteiger charge is 2.18. The summed E-state index contributed by atoms with van der Waals surface area (Å²) in [6.45, 7) is 5.11. The Balaban J connectivity index is 1.85. The van der Waals surface area contributed by atoms with Gasteiger partial charge in [-0.05, 0) is 33.1 Å². The van der Waals surface area contributed by atoms with Gasteiger partial charge in [0.25, 0.3) is 0 Å². The van der Waals surface area contributed by atoms with Crippen molar-refractivity contribution in [1.82, 2.24) is 10.3 Å². The van der Waals surface area contributed by atoms with E-state index in [2.05, 4.69) is 24.1 Å². The summed E-state index contributed by atoms with van der Waals surface area (Å²) in [5.74, 6) is 0. The molecule has 2 atom stereocenters. The van der Waals surface area contributed by atoms with Gasteiger partial charge in [0.2, 0.25) is 0 Å². The molecule has 2 rings (SSSR count). The van der Waals surface area contributed by atoms with Crippen LogP contribution in [0.25, 0.3) is 0 Å². The molecule has 0 aromatic carbocycles. The van der Waals surface area contributed by atoms with Crippen molar-refractivity contribution >= 4 is 11.3 Å². The monoisotopic (exact) mass is 239 g/mol. The van der Waals surface area contributed by atoms with E-state index < -0.39 is 0 Å². The largest absolute Gasteiger partial charge is 0.328 e. The van der Waals surface area contributed by atoms with Crippen LogP contribution in [0, 0.1) is 13.8 Å². The van der Waals surface area contributed by atoms with Gasteiger partial charge >= 0.3 is 0 Å². The van der Waals surface area contributed by atoms with Crippen LogP contribution in [0.4, 0.5) is 0 Å². The Labute approximate surface area is 101 Å². The van der Waals surface area contributed by atoms with Crippen molar-refractivity contribution in [2.24, 2.45) is 5.73 Å². The standard InChI is InChI=1S/C12H21N3S/c1-8-12(16-9(2)15-8)7-14-11-5-3-4-10(13)6-11/h10-11,14H,3-7,13H2,1-2H3. The highest BCUT2D eigenvalue weighted by atomic mass is 32.1. The zero-order valence-corrected chi connectivity index (χ0v) is 10.9. The number of nitrogens with two attached hydrogens (primary N) is 1. The van der Waals surface area contributed by atoms with Gasteiger partial charge in [0.15, 0.2) is 0 Å². The van der Waals surface area contributed by atoms with Gasteiger partial charge in [-0.3, -0.25) is 0 Å². The second-order valence-corrected chi connectivity index (χ2v) is 6.03. The van der Waals surface area contributed by atoms with Crippen LogP contribution in [0.1, 0.15) is 41.3 Å². The molecule has 0 radical (unpaired) electrons. The molecule has 2 unspecified atom stereocenters. The van der Waals surface area contributed by atoms with Crippen LogP contribution >= 0.6 is 11.3 Å². The first-order chi connectivity index (χ1) is 7.65. The fourth-order valence-electron chi connectivity index (χ4n) is 2.39. The lowest BCUT2D eigenvalue weighted by molar-refractivity contribution is 0.339. The van der Waals surface area contributed by atoms with E-state index in [0.29, 0.717) is 12.1 Å². The zero-order chi connectivity index (χ0) is 11.5. The maximum Gasteiger partial charge on any atom is 0.0900 e. The minimum atomic E-state index is 0.399. The molecule has 0 amide bonds. The van der Waals surface area contributed by atoms with E-state index in [4.69, 9.17) is 5.73 Å². The molecule has 90 valence electrons. The molecule has 1 aliphatic carbocycles. The average Bonchev–Trinajstić information content (AvgIpc) is 2.54. The predicted octanol–water partition coefficient (Wildman–Crippen LogP) is 2.12. The van der Waals surface area contributed by atoms with Crippen molar-refractivity contribution < 1.29 is 0 Å². The van der Waals surface area contributed by atoms with Crippen molar-refractivity contribution in [1.29, 1.82) is 0 Å². The number of thiazole rings is 1. The van der Waals surface area contributed by atoms with Gasteiger partial charge in [-0.25, -0.2) is 4.98 Å². The van der Waals surface area contributed by atoms with Crippen molar-refractivity contribution in [2.45, 2.75) is 58.2 Å². The molecule has 0 bridgehead atoms. The summed E-state index contributed by atoms with van der Waals surface area (Å²) in [5.41, 5.74) is 7.15. The Bertz CT molecular complexity index is 348. The van der Waals surface area contributed by atoms with E-state index in [9.17, 15) is 0 Å². The molecule has 4 heteroatoms. The minimum absolute atomic E-state index is 0.399. The Morgan fingerprint density at radius 3 is 2.88 bits per heavy atom. The highest BCUT2D eigenvalue weighted by Crippen LogP contribution is 2.20. The number of hydrogen-bond acceptors (Lipinski definition) is 4. The molecule has 1 saturated carbocycles. The second-order valence-electron chi connectivity index (χ2n) is 4.75. The highest BCUT2D eigenvalue weighted by molar-refractivity contribution is 7.11. The fraction of sp³-hybridized carbons (Fsp3) is 0.750. The van der Waals surface area contributed by atoms with Gasteiger partial charge < -0.3 is 11.1 Å². The molecular formula is C12H21N3S. The molecule has 16 heavy (non-hydrogen) atoms.